The van der Waals surface area contributed by atoms with Gasteiger partial charge >= 0.3 is 5.97 Å². The summed E-state index contributed by atoms with van der Waals surface area (Å²) in [6.07, 6.45) is 7.51. The van der Waals surface area contributed by atoms with Gasteiger partial charge in [-0.3, -0.25) is 4.79 Å². The third kappa shape index (κ3) is 2.95. The number of likely N-dealkylation sites (N-methyl/N-ethyl adjacent to an activating group) is 1. The first-order valence-electron chi connectivity index (χ1n) is 6.52. The normalized spacial score (nSPS) is 27.2. The molecular weight excluding hydrogens is 262 g/mol. The summed E-state index contributed by atoms with van der Waals surface area (Å²) in [5.74, 6) is -0.153. The number of aryl methyl sites for hydroxylation is 1. The highest BCUT2D eigenvalue weighted by molar-refractivity contribution is 7.99. The molecule has 0 aromatic carbocycles. The number of nitrogens with zero attached hydrogens (tertiary/aromatic N) is 2. The maximum atomic E-state index is 12.0. The fourth-order valence-corrected chi connectivity index (χ4v) is 3.95. The number of nitrogens with one attached hydrogen (secondary N) is 1. The van der Waals surface area contributed by atoms with Crippen molar-refractivity contribution in [3.05, 3.63) is 12.4 Å². The van der Waals surface area contributed by atoms with Crippen molar-refractivity contribution in [2.45, 2.75) is 41.6 Å². The predicted molar refractivity (Wildman–Crippen MR) is 75.1 cm³/mol. The number of hydrogen-bond acceptors (Lipinski definition) is 5. The molecule has 1 aliphatic rings. The van der Waals surface area contributed by atoms with E-state index in [-0.39, 0.29) is 5.97 Å². The summed E-state index contributed by atoms with van der Waals surface area (Å²) in [6, 6.07) is 0. The largest absolute Gasteiger partial charge is 0.468 e. The zero-order valence-corrected chi connectivity index (χ0v) is 12.5. The van der Waals surface area contributed by atoms with Crippen molar-refractivity contribution in [2.24, 2.45) is 7.05 Å². The molecular formula is C13H21N3O2S. The molecule has 0 saturated heterocycles. The van der Waals surface area contributed by atoms with Crippen molar-refractivity contribution >= 4 is 17.7 Å². The van der Waals surface area contributed by atoms with Gasteiger partial charge in [-0.25, -0.2) is 4.98 Å². The molecule has 1 N–H and O–H groups in total. The highest BCUT2D eigenvalue weighted by Crippen LogP contribution is 2.38. The molecule has 6 heteroatoms. The zero-order valence-electron chi connectivity index (χ0n) is 11.7. The molecule has 0 spiro atoms. The SMILES string of the molecule is CNC1(C(=O)OC)CCCC(Sc2nccn2C)C1. The monoisotopic (exact) mass is 283 g/mol. The van der Waals surface area contributed by atoms with E-state index >= 15 is 0 Å². The Kier molecular flexibility index (Phi) is 4.52. The molecule has 2 rings (SSSR count). The molecule has 0 radical (unpaired) electrons. The average molecular weight is 283 g/mol. The number of carbonyl (C=O) groups excluding carboxylic acids is 1. The molecule has 1 aromatic heterocycles. The number of rotatable bonds is 4. The molecule has 106 valence electrons. The lowest BCUT2D eigenvalue weighted by atomic mass is 9.81. The van der Waals surface area contributed by atoms with E-state index in [9.17, 15) is 4.79 Å². The van der Waals surface area contributed by atoms with E-state index in [0.717, 1.165) is 30.8 Å². The lowest BCUT2D eigenvalue weighted by Gasteiger charge is -2.37. The van der Waals surface area contributed by atoms with Crippen LogP contribution >= 0.6 is 11.8 Å². The van der Waals surface area contributed by atoms with Crippen molar-refractivity contribution < 1.29 is 9.53 Å². The molecule has 0 amide bonds. The maximum absolute atomic E-state index is 12.0. The van der Waals surface area contributed by atoms with E-state index in [1.165, 1.54) is 7.11 Å². The van der Waals surface area contributed by atoms with Gasteiger partial charge in [0.05, 0.1) is 7.11 Å². The second-order valence-corrected chi connectivity index (χ2v) is 6.25. The lowest BCUT2D eigenvalue weighted by Crippen LogP contribution is -2.54. The van der Waals surface area contributed by atoms with Crippen molar-refractivity contribution in [2.75, 3.05) is 14.2 Å². The predicted octanol–water partition coefficient (Wildman–Crippen LogP) is 1.59. The Morgan fingerprint density at radius 3 is 3.05 bits per heavy atom. The number of carbonyl (C=O) groups is 1. The van der Waals surface area contributed by atoms with E-state index in [0.29, 0.717) is 5.25 Å². The smallest absolute Gasteiger partial charge is 0.326 e. The van der Waals surface area contributed by atoms with Crippen LogP contribution in [0, 0.1) is 0 Å². The van der Waals surface area contributed by atoms with Gasteiger partial charge in [0.1, 0.15) is 5.54 Å². The Bertz CT molecular complexity index is 449. The zero-order chi connectivity index (χ0) is 13.9. The molecule has 5 nitrogen and oxygen atoms in total. The number of esters is 1. The summed E-state index contributed by atoms with van der Waals surface area (Å²) in [5, 5.41) is 4.57. The van der Waals surface area contributed by atoms with Gasteiger partial charge < -0.3 is 14.6 Å². The number of methoxy groups -OCH3 is 1. The number of ether oxygens (including phenoxy) is 1. The summed E-state index contributed by atoms with van der Waals surface area (Å²) < 4.78 is 6.97. The number of thioether (sulfide) groups is 1. The quantitative estimate of drug-likeness (QED) is 0.850. The summed E-state index contributed by atoms with van der Waals surface area (Å²) in [5.41, 5.74) is -0.532. The van der Waals surface area contributed by atoms with Crippen molar-refractivity contribution in [3.63, 3.8) is 0 Å². The Balaban J connectivity index is 2.08. The maximum Gasteiger partial charge on any atom is 0.326 e. The van der Waals surface area contributed by atoms with Crippen LogP contribution in [0.1, 0.15) is 25.7 Å². The molecule has 1 aliphatic carbocycles. The second-order valence-electron chi connectivity index (χ2n) is 4.98. The fourth-order valence-electron chi connectivity index (χ4n) is 2.65. The second kappa shape index (κ2) is 5.96. The van der Waals surface area contributed by atoms with Gasteiger partial charge in [-0.2, -0.15) is 0 Å². The molecule has 1 aromatic rings. The number of imidazole rings is 1. The van der Waals surface area contributed by atoms with Gasteiger partial charge in [-0.05, 0) is 32.7 Å². The van der Waals surface area contributed by atoms with Gasteiger partial charge in [0.15, 0.2) is 5.16 Å². The summed E-state index contributed by atoms with van der Waals surface area (Å²) >= 11 is 1.75. The molecule has 2 unspecified atom stereocenters. The minimum absolute atomic E-state index is 0.153. The van der Waals surface area contributed by atoms with Crippen LogP contribution in [0.4, 0.5) is 0 Å². The van der Waals surface area contributed by atoms with Crippen molar-refractivity contribution in [1.29, 1.82) is 0 Å². The van der Waals surface area contributed by atoms with Crippen LogP contribution in [0.15, 0.2) is 17.6 Å². The summed E-state index contributed by atoms with van der Waals surface area (Å²) in [7, 11) is 5.28. The van der Waals surface area contributed by atoms with E-state index in [1.54, 1.807) is 18.0 Å². The lowest BCUT2D eigenvalue weighted by molar-refractivity contribution is -0.149. The van der Waals surface area contributed by atoms with Crippen molar-refractivity contribution in [3.8, 4) is 0 Å². The molecule has 0 bridgehead atoms. The van der Waals surface area contributed by atoms with E-state index < -0.39 is 5.54 Å². The van der Waals surface area contributed by atoms with Crippen molar-refractivity contribution in [1.82, 2.24) is 14.9 Å². The van der Waals surface area contributed by atoms with E-state index in [2.05, 4.69) is 10.3 Å². The molecule has 2 atom stereocenters. The number of hydrogen-bond donors (Lipinski definition) is 1. The first-order chi connectivity index (χ1) is 9.11. The van der Waals surface area contributed by atoms with Crippen LogP contribution in [0.25, 0.3) is 0 Å². The first kappa shape index (κ1) is 14.4. The summed E-state index contributed by atoms with van der Waals surface area (Å²) in [6.45, 7) is 0. The van der Waals surface area contributed by atoms with Crippen LogP contribution in [0.2, 0.25) is 0 Å². The highest BCUT2D eigenvalue weighted by Gasteiger charge is 2.43. The van der Waals surface area contributed by atoms with Crippen LogP contribution in [0.5, 0.6) is 0 Å². The standard InChI is InChI=1S/C13H21N3O2S/c1-14-13(11(17)18-3)6-4-5-10(9-13)19-12-15-7-8-16(12)2/h7-8,10,14H,4-6,9H2,1-3H3. The van der Waals surface area contributed by atoms with Gasteiger partial charge in [0.2, 0.25) is 0 Å². The Morgan fingerprint density at radius 2 is 2.47 bits per heavy atom. The third-order valence-electron chi connectivity index (χ3n) is 3.81. The molecule has 0 aliphatic heterocycles. The Labute approximate surface area is 118 Å². The number of aromatic nitrogens is 2. The van der Waals surface area contributed by atoms with Crippen LogP contribution in [-0.4, -0.2) is 40.5 Å². The third-order valence-corrected chi connectivity index (χ3v) is 5.15. The van der Waals surface area contributed by atoms with Crippen LogP contribution < -0.4 is 5.32 Å². The molecule has 1 fully saturated rings. The first-order valence-corrected chi connectivity index (χ1v) is 7.40. The summed E-state index contributed by atoms with van der Waals surface area (Å²) in [4.78, 5) is 16.4. The van der Waals surface area contributed by atoms with E-state index in [1.807, 2.05) is 24.9 Å². The molecule has 19 heavy (non-hydrogen) atoms. The van der Waals surface area contributed by atoms with Gasteiger partial charge in [-0.1, -0.05) is 11.8 Å². The van der Waals surface area contributed by atoms with Gasteiger partial charge in [-0.15, -0.1) is 0 Å². The van der Waals surface area contributed by atoms with Crippen LogP contribution in [0.3, 0.4) is 0 Å². The molecule has 1 heterocycles. The Hall–Kier alpha value is -1.01. The van der Waals surface area contributed by atoms with E-state index in [4.69, 9.17) is 4.74 Å². The minimum Gasteiger partial charge on any atom is -0.468 e. The van der Waals surface area contributed by atoms with Gasteiger partial charge in [0.25, 0.3) is 0 Å². The topological polar surface area (TPSA) is 56.1 Å². The minimum atomic E-state index is -0.532. The van der Waals surface area contributed by atoms with Gasteiger partial charge in [0, 0.05) is 24.7 Å². The average Bonchev–Trinajstić information content (AvgIpc) is 2.83. The van der Waals surface area contributed by atoms with Crippen LogP contribution in [-0.2, 0) is 16.6 Å². The molecule has 1 saturated carbocycles. The fraction of sp³-hybridized carbons (Fsp3) is 0.692. The highest BCUT2D eigenvalue weighted by atomic mass is 32.2. The Morgan fingerprint density at radius 1 is 1.68 bits per heavy atom.